The molecule has 0 aliphatic carbocycles. The molecule has 9 heteroatoms. The third kappa shape index (κ3) is 3.23. The molecular weight excluding hydrogens is 409 g/mol. The highest BCUT2D eigenvalue weighted by Crippen LogP contribution is 2.31. The van der Waals surface area contributed by atoms with Crippen LogP contribution in [0.15, 0.2) is 40.2 Å². The van der Waals surface area contributed by atoms with Crippen LogP contribution in [0, 0.1) is 5.92 Å². The lowest BCUT2D eigenvalue weighted by molar-refractivity contribution is 0.288. The van der Waals surface area contributed by atoms with Crippen molar-refractivity contribution in [1.29, 1.82) is 0 Å². The summed E-state index contributed by atoms with van der Waals surface area (Å²) in [5.41, 5.74) is 0.366. The fourth-order valence-electron chi connectivity index (χ4n) is 3.39. The van der Waals surface area contributed by atoms with E-state index in [0.717, 1.165) is 12.8 Å². The van der Waals surface area contributed by atoms with Gasteiger partial charge in [-0.3, -0.25) is 9.20 Å². The van der Waals surface area contributed by atoms with Crippen LogP contribution in [0.3, 0.4) is 0 Å². The molecule has 0 spiro atoms. The monoisotopic (exact) mass is 425 g/mol. The maximum absolute atomic E-state index is 13.1. The maximum atomic E-state index is 13.1. The van der Waals surface area contributed by atoms with E-state index in [2.05, 4.69) is 11.9 Å². The van der Waals surface area contributed by atoms with E-state index in [0.29, 0.717) is 35.2 Å². The zero-order chi connectivity index (χ0) is 19.3. The summed E-state index contributed by atoms with van der Waals surface area (Å²) in [4.78, 5) is 16.4. The highest BCUT2D eigenvalue weighted by Gasteiger charge is 2.30. The van der Waals surface area contributed by atoms with Crippen LogP contribution in [0.1, 0.15) is 19.8 Å². The fraction of sp³-hybridized carbons (Fsp3) is 0.333. The van der Waals surface area contributed by atoms with Crippen LogP contribution in [0.5, 0.6) is 0 Å². The smallest absolute Gasteiger partial charge is 0.281 e. The quantitative estimate of drug-likeness (QED) is 0.588. The van der Waals surface area contributed by atoms with Crippen LogP contribution in [0.4, 0.5) is 0 Å². The van der Waals surface area contributed by atoms with Gasteiger partial charge < -0.3 is 0 Å². The normalized spacial score (nSPS) is 17.0. The van der Waals surface area contributed by atoms with Crippen LogP contribution >= 0.6 is 23.2 Å². The van der Waals surface area contributed by atoms with Crippen LogP contribution in [-0.2, 0) is 10.0 Å². The Morgan fingerprint density at radius 2 is 1.85 bits per heavy atom. The Morgan fingerprint density at radius 1 is 1.15 bits per heavy atom. The molecule has 2 aromatic heterocycles. The molecule has 6 nitrogen and oxygen atoms in total. The molecule has 27 heavy (non-hydrogen) atoms. The van der Waals surface area contributed by atoms with Gasteiger partial charge >= 0.3 is 0 Å². The average molecular weight is 426 g/mol. The Morgan fingerprint density at radius 3 is 2.56 bits per heavy atom. The van der Waals surface area contributed by atoms with Crippen molar-refractivity contribution in [1.82, 2.24) is 13.7 Å². The maximum Gasteiger partial charge on any atom is 0.281 e. The average Bonchev–Trinajstić information content (AvgIpc) is 2.62. The predicted molar refractivity (Wildman–Crippen MR) is 106 cm³/mol. The molecule has 1 fully saturated rings. The standard InChI is InChI=1S/C18H17Cl2N3O3S/c1-11-4-6-22(7-5-11)27(25,26)16-8-13-15(9-14(16)20)23-10-12(19)2-3-17(23)21-18(13)24/h2-3,8-11H,4-7H2,1H3. The third-order valence-electron chi connectivity index (χ3n) is 5.01. The molecule has 0 amide bonds. The number of fused-ring (bicyclic) bond motifs is 3. The Hall–Kier alpha value is -1.67. The van der Waals surface area contributed by atoms with Crippen molar-refractivity contribution in [3.63, 3.8) is 0 Å². The van der Waals surface area contributed by atoms with E-state index in [9.17, 15) is 13.2 Å². The number of piperidine rings is 1. The molecular formula is C18H17Cl2N3O3S. The topological polar surface area (TPSA) is 71.8 Å². The molecule has 4 rings (SSSR count). The van der Waals surface area contributed by atoms with E-state index in [4.69, 9.17) is 23.2 Å². The van der Waals surface area contributed by atoms with Gasteiger partial charge in [-0.1, -0.05) is 30.1 Å². The van der Waals surface area contributed by atoms with Crippen molar-refractivity contribution in [3.8, 4) is 0 Å². The van der Waals surface area contributed by atoms with Gasteiger partial charge in [0.1, 0.15) is 10.5 Å². The molecule has 1 aromatic carbocycles. The summed E-state index contributed by atoms with van der Waals surface area (Å²) >= 11 is 12.4. The van der Waals surface area contributed by atoms with Crippen molar-refractivity contribution in [2.75, 3.05) is 13.1 Å². The molecule has 1 aliphatic rings. The van der Waals surface area contributed by atoms with Crippen molar-refractivity contribution >= 4 is 49.8 Å². The second kappa shape index (κ2) is 6.74. The zero-order valence-electron chi connectivity index (χ0n) is 14.5. The molecule has 0 unspecified atom stereocenters. The molecule has 3 aromatic rings. The summed E-state index contributed by atoms with van der Waals surface area (Å²) in [6.45, 7) is 3.00. The summed E-state index contributed by atoms with van der Waals surface area (Å²) in [5, 5.41) is 0.716. The van der Waals surface area contributed by atoms with Gasteiger partial charge in [-0.25, -0.2) is 8.42 Å². The molecule has 0 saturated carbocycles. The van der Waals surface area contributed by atoms with Crippen LogP contribution in [0.25, 0.3) is 16.6 Å². The first-order chi connectivity index (χ1) is 12.8. The van der Waals surface area contributed by atoms with E-state index in [1.165, 1.54) is 16.4 Å². The first kappa shape index (κ1) is 18.7. The van der Waals surface area contributed by atoms with E-state index in [-0.39, 0.29) is 15.3 Å². The Bertz CT molecular complexity index is 1220. The minimum absolute atomic E-state index is 0.0629. The molecule has 0 N–H and O–H groups in total. The molecule has 142 valence electrons. The number of sulfonamides is 1. The van der Waals surface area contributed by atoms with Crippen molar-refractivity contribution < 1.29 is 8.42 Å². The van der Waals surface area contributed by atoms with Crippen LogP contribution in [0.2, 0.25) is 10.0 Å². The largest absolute Gasteiger partial charge is 0.299 e. The molecule has 3 heterocycles. The van der Waals surface area contributed by atoms with E-state index in [1.807, 2.05) is 0 Å². The Kier molecular flexibility index (Phi) is 4.66. The van der Waals surface area contributed by atoms with Crippen molar-refractivity contribution in [2.24, 2.45) is 5.92 Å². The molecule has 0 atom stereocenters. The number of rotatable bonds is 2. The van der Waals surface area contributed by atoms with Gasteiger partial charge in [-0.15, -0.1) is 0 Å². The number of aromatic nitrogens is 2. The Balaban J connectivity index is 1.93. The molecule has 0 bridgehead atoms. The fourth-order valence-corrected chi connectivity index (χ4v) is 5.54. The van der Waals surface area contributed by atoms with Gasteiger partial charge in [-0.2, -0.15) is 9.29 Å². The van der Waals surface area contributed by atoms with Crippen molar-refractivity contribution in [3.05, 3.63) is 50.9 Å². The second-order valence-electron chi connectivity index (χ2n) is 6.88. The number of nitrogens with zero attached hydrogens (tertiary/aromatic N) is 3. The highest BCUT2D eigenvalue weighted by atomic mass is 35.5. The van der Waals surface area contributed by atoms with Gasteiger partial charge in [0.05, 0.1) is 20.9 Å². The second-order valence-corrected chi connectivity index (χ2v) is 9.63. The number of benzene rings is 1. The van der Waals surface area contributed by atoms with Gasteiger partial charge in [0.2, 0.25) is 10.0 Å². The van der Waals surface area contributed by atoms with Gasteiger partial charge in [0, 0.05) is 19.3 Å². The minimum atomic E-state index is -3.79. The Labute approximate surface area is 166 Å². The highest BCUT2D eigenvalue weighted by molar-refractivity contribution is 7.89. The van der Waals surface area contributed by atoms with Gasteiger partial charge in [-0.05, 0) is 43.0 Å². The van der Waals surface area contributed by atoms with Crippen molar-refractivity contribution in [2.45, 2.75) is 24.7 Å². The van der Waals surface area contributed by atoms with Gasteiger partial charge in [0.15, 0.2) is 0 Å². The van der Waals surface area contributed by atoms with E-state index in [1.54, 1.807) is 22.7 Å². The zero-order valence-corrected chi connectivity index (χ0v) is 16.9. The molecule has 0 radical (unpaired) electrons. The summed E-state index contributed by atoms with van der Waals surface area (Å²) in [6, 6.07) is 6.07. The minimum Gasteiger partial charge on any atom is -0.299 e. The summed E-state index contributed by atoms with van der Waals surface area (Å²) in [5.74, 6) is 0.494. The third-order valence-corrected chi connectivity index (χ3v) is 7.59. The molecule has 1 saturated heterocycles. The molecule has 1 aliphatic heterocycles. The van der Waals surface area contributed by atoms with Crippen LogP contribution in [-0.4, -0.2) is 35.2 Å². The first-order valence-corrected chi connectivity index (χ1v) is 10.8. The lowest BCUT2D eigenvalue weighted by Gasteiger charge is -2.29. The summed E-state index contributed by atoms with van der Waals surface area (Å²) in [7, 11) is -3.79. The van der Waals surface area contributed by atoms with Crippen LogP contribution < -0.4 is 5.56 Å². The lowest BCUT2D eigenvalue weighted by Crippen LogP contribution is -2.38. The SMILES string of the molecule is CC1CCN(S(=O)(=O)c2cc3c(=O)nc4ccc(Cl)cn4c3cc2Cl)CC1. The summed E-state index contributed by atoms with van der Waals surface area (Å²) < 4.78 is 29.2. The predicted octanol–water partition coefficient (Wildman–Crippen LogP) is 3.58. The van der Waals surface area contributed by atoms with E-state index < -0.39 is 15.6 Å². The first-order valence-electron chi connectivity index (χ1n) is 8.59. The van der Waals surface area contributed by atoms with E-state index >= 15 is 0 Å². The van der Waals surface area contributed by atoms with Gasteiger partial charge in [0.25, 0.3) is 5.56 Å². The number of hydrogen-bond donors (Lipinski definition) is 0. The summed E-state index contributed by atoms with van der Waals surface area (Å²) in [6.07, 6.45) is 3.22. The number of pyridine rings is 1. The number of hydrogen-bond acceptors (Lipinski definition) is 4. The lowest BCUT2D eigenvalue weighted by atomic mass is 10.0. The number of halogens is 2.